The number of carbonyl (C=O) groups is 6. The van der Waals surface area contributed by atoms with Crippen LogP contribution in [-0.4, -0.2) is 78.5 Å². The Labute approximate surface area is 233 Å². The van der Waals surface area contributed by atoms with Crippen molar-refractivity contribution in [2.45, 2.75) is 77.4 Å². The molecule has 2 N–H and O–H groups in total. The third kappa shape index (κ3) is 8.68. The highest BCUT2D eigenvalue weighted by Crippen LogP contribution is 2.32. The Morgan fingerprint density at radius 3 is 2.38 bits per heavy atom. The van der Waals surface area contributed by atoms with Gasteiger partial charge in [0.1, 0.15) is 11.6 Å². The first-order valence-electron chi connectivity index (χ1n) is 13.5. The fourth-order valence-electron chi connectivity index (χ4n) is 4.37. The molecular weight excluding hydrogens is 522 g/mol. The minimum atomic E-state index is -1.07. The molecule has 40 heavy (non-hydrogen) atoms. The molecule has 0 saturated carbocycles. The number of rotatable bonds is 14. The molecule has 2 heterocycles. The Morgan fingerprint density at radius 2 is 1.68 bits per heavy atom. The van der Waals surface area contributed by atoms with E-state index in [4.69, 9.17) is 14.2 Å². The lowest BCUT2D eigenvalue weighted by Gasteiger charge is -2.27. The van der Waals surface area contributed by atoms with Gasteiger partial charge < -0.3 is 19.5 Å². The molecule has 12 nitrogen and oxygen atoms in total. The van der Waals surface area contributed by atoms with E-state index >= 15 is 0 Å². The van der Waals surface area contributed by atoms with Gasteiger partial charge in [0.15, 0.2) is 0 Å². The Kier molecular flexibility index (Phi) is 10.9. The summed E-state index contributed by atoms with van der Waals surface area (Å²) < 4.78 is 16.1. The molecule has 1 aromatic carbocycles. The minimum absolute atomic E-state index is 0.0298. The topological polar surface area (TPSA) is 157 Å². The summed E-state index contributed by atoms with van der Waals surface area (Å²) >= 11 is 0. The molecule has 12 heteroatoms. The molecule has 218 valence electrons. The van der Waals surface area contributed by atoms with E-state index in [2.05, 4.69) is 10.6 Å². The SMILES string of the molecule is CC(C)(C)OC(=O)CCOCCOCCCCCC(=O)Nc1cccc2c1C(=O)N(C1CCC(=O)NC1=O)C2=O. The molecule has 1 aromatic rings. The molecule has 5 amide bonds. The van der Waals surface area contributed by atoms with Crippen molar-refractivity contribution in [3.05, 3.63) is 29.3 Å². The number of ether oxygens (including phenoxy) is 3. The number of nitrogens with one attached hydrogen (secondary N) is 2. The highest BCUT2D eigenvalue weighted by Gasteiger charge is 2.45. The lowest BCUT2D eigenvalue weighted by atomic mass is 10.0. The molecule has 1 unspecified atom stereocenters. The van der Waals surface area contributed by atoms with Crippen LogP contribution in [0.15, 0.2) is 18.2 Å². The van der Waals surface area contributed by atoms with E-state index in [1.54, 1.807) is 12.1 Å². The lowest BCUT2D eigenvalue weighted by molar-refractivity contribution is -0.156. The summed E-state index contributed by atoms with van der Waals surface area (Å²) in [4.78, 5) is 74.7. The van der Waals surface area contributed by atoms with Crippen molar-refractivity contribution in [3.63, 3.8) is 0 Å². The summed E-state index contributed by atoms with van der Waals surface area (Å²) in [6.07, 6.45) is 2.60. The summed E-state index contributed by atoms with van der Waals surface area (Å²) in [5.74, 6) is -3.03. The number of benzene rings is 1. The molecule has 3 rings (SSSR count). The van der Waals surface area contributed by atoms with E-state index in [1.807, 2.05) is 20.8 Å². The number of hydrogen-bond donors (Lipinski definition) is 2. The number of esters is 1. The van der Waals surface area contributed by atoms with Gasteiger partial charge in [0.05, 0.1) is 43.1 Å². The number of hydrogen-bond acceptors (Lipinski definition) is 9. The molecule has 2 aliphatic rings. The number of carbonyl (C=O) groups excluding carboxylic acids is 6. The smallest absolute Gasteiger partial charge is 0.308 e. The predicted octanol–water partition coefficient (Wildman–Crippen LogP) is 2.35. The Balaban J connectivity index is 1.33. The van der Waals surface area contributed by atoms with Crippen molar-refractivity contribution in [1.29, 1.82) is 0 Å². The zero-order valence-corrected chi connectivity index (χ0v) is 23.2. The number of unbranched alkanes of at least 4 members (excludes halogenated alkanes) is 2. The van der Waals surface area contributed by atoms with E-state index in [-0.39, 0.29) is 61.0 Å². The van der Waals surface area contributed by atoms with Gasteiger partial charge in [0.25, 0.3) is 11.8 Å². The third-order valence-electron chi connectivity index (χ3n) is 6.18. The minimum Gasteiger partial charge on any atom is -0.460 e. The average molecular weight is 560 g/mol. The molecule has 0 aromatic heterocycles. The standard InChI is InChI=1S/C28H37N3O9/c1-28(2,3)40-23(34)13-15-39-17-16-38-14-6-4-5-10-21(32)29-19-9-7-8-18-24(19)27(37)31(26(18)36)20-11-12-22(33)30-25(20)35/h7-9,20H,4-6,10-17H2,1-3H3,(H,29,32)(H,30,33,35). The first-order chi connectivity index (χ1) is 19.0. The molecule has 1 atom stereocenters. The van der Waals surface area contributed by atoms with Gasteiger partial charge in [-0.25, -0.2) is 0 Å². The summed E-state index contributed by atoms with van der Waals surface area (Å²) in [6.45, 7) is 6.98. The van der Waals surface area contributed by atoms with Crippen LogP contribution < -0.4 is 10.6 Å². The van der Waals surface area contributed by atoms with Crippen LogP contribution >= 0.6 is 0 Å². The van der Waals surface area contributed by atoms with Gasteiger partial charge in [0, 0.05) is 19.4 Å². The third-order valence-corrected chi connectivity index (χ3v) is 6.18. The number of fused-ring (bicyclic) bond motifs is 1. The average Bonchev–Trinajstić information content (AvgIpc) is 3.12. The van der Waals surface area contributed by atoms with Gasteiger partial charge in [0.2, 0.25) is 17.7 Å². The lowest BCUT2D eigenvalue weighted by Crippen LogP contribution is -2.54. The van der Waals surface area contributed by atoms with Crippen molar-refractivity contribution in [2.24, 2.45) is 0 Å². The molecule has 0 bridgehead atoms. The molecule has 0 radical (unpaired) electrons. The number of piperidine rings is 1. The highest BCUT2D eigenvalue weighted by molar-refractivity contribution is 6.26. The Morgan fingerprint density at radius 1 is 0.950 bits per heavy atom. The summed E-state index contributed by atoms with van der Waals surface area (Å²) in [5.41, 5.74) is -0.139. The van der Waals surface area contributed by atoms with Crippen molar-refractivity contribution in [3.8, 4) is 0 Å². The van der Waals surface area contributed by atoms with Gasteiger partial charge in [-0.05, 0) is 52.2 Å². The van der Waals surface area contributed by atoms with Crippen LogP contribution in [0.2, 0.25) is 0 Å². The normalized spacial score (nSPS) is 17.1. The van der Waals surface area contributed by atoms with Gasteiger partial charge in [-0.1, -0.05) is 12.5 Å². The van der Waals surface area contributed by atoms with Crippen LogP contribution in [0.1, 0.15) is 86.4 Å². The van der Waals surface area contributed by atoms with Gasteiger partial charge in [-0.2, -0.15) is 0 Å². The molecule has 2 aliphatic heterocycles. The maximum atomic E-state index is 13.1. The first kappa shape index (κ1) is 30.9. The van der Waals surface area contributed by atoms with E-state index in [1.165, 1.54) is 6.07 Å². The molecule has 1 saturated heterocycles. The number of anilines is 1. The van der Waals surface area contributed by atoms with E-state index in [0.717, 1.165) is 17.7 Å². The van der Waals surface area contributed by atoms with E-state index < -0.39 is 35.3 Å². The van der Waals surface area contributed by atoms with Crippen LogP contribution in [0, 0.1) is 0 Å². The molecular formula is C28H37N3O9. The molecule has 0 aliphatic carbocycles. The largest absolute Gasteiger partial charge is 0.460 e. The summed E-state index contributed by atoms with van der Waals surface area (Å²) in [6, 6.07) is 3.51. The van der Waals surface area contributed by atoms with Crippen molar-refractivity contribution >= 4 is 41.2 Å². The van der Waals surface area contributed by atoms with Crippen molar-refractivity contribution < 1.29 is 43.0 Å². The predicted molar refractivity (Wildman–Crippen MR) is 142 cm³/mol. The van der Waals surface area contributed by atoms with Gasteiger partial charge >= 0.3 is 5.97 Å². The van der Waals surface area contributed by atoms with Crippen LogP contribution in [0.4, 0.5) is 5.69 Å². The van der Waals surface area contributed by atoms with Crippen LogP contribution in [0.5, 0.6) is 0 Å². The quantitative estimate of drug-likeness (QED) is 0.198. The first-order valence-corrected chi connectivity index (χ1v) is 13.5. The summed E-state index contributed by atoms with van der Waals surface area (Å²) in [7, 11) is 0. The Hall–Kier alpha value is -3.64. The Bertz CT molecular complexity index is 1140. The fraction of sp³-hybridized carbons (Fsp3) is 0.571. The van der Waals surface area contributed by atoms with Crippen LogP contribution in [0.3, 0.4) is 0 Å². The van der Waals surface area contributed by atoms with E-state index in [0.29, 0.717) is 26.2 Å². The maximum absolute atomic E-state index is 13.1. The number of imide groups is 2. The number of nitrogens with zero attached hydrogens (tertiary/aromatic N) is 1. The van der Waals surface area contributed by atoms with Gasteiger partial charge in [-0.3, -0.25) is 39.0 Å². The summed E-state index contributed by atoms with van der Waals surface area (Å²) in [5, 5.41) is 4.87. The van der Waals surface area contributed by atoms with Crippen LogP contribution in [0.25, 0.3) is 0 Å². The van der Waals surface area contributed by atoms with Crippen LogP contribution in [-0.2, 0) is 33.4 Å². The van der Waals surface area contributed by atoms with Crippen molar-refractivity contribution in [2.75, 3.05) is 31.7 Å². The fourth-order valence-corrected chi connectivity index (χ4v) is 4.37. The zero-order valence-electron chi connectivity index (χ0n) is 23.2. The second-order valence-electron chi connectivity index (χ2n) is 10.6. The molecule has 0 spiro atoms. The molecule has 1 fully saturated rings. The van der Waals surface area contributed by atoms with E-state index in [9.17, 15) is 28.8 Å². The second kappa shape index (κ2) is 14.1. The second-order valence-corrected chi connectivity index (χ2v) is 10.6. The highest BCUT2D eigenvalue weighted by atomic mass is 16.6. The number of amides is 5. The maximum Gasteiger partial charge on any atom is 0.308 e. The van der Waals surface area contributed by atoms with Crippen molar-refractivity contribution in [1.82, 2.24) is 10.2 Å². The monoisotopic (exact) mass is 559 g/mol. The zero-order chi connectivity index (χ0) is 29.3. The van der Waals surface area contributed by atoms with Gasteiger partial charge in [-0.15, -0.1) is 0 Å².